The molecule has 1 aromatic rings. The molecule has 0 radical (unpaired) electrons. The van der Waals surface area contributed by atoms with Gasteiger partial charge in [0, 0.05) is 35.6 Å². The number of halogens is 1. The van der Waals surface area contributed by atoms with Crippen LogP contribution in [0.25, 0.3) is 0 Å². The summed E-state index contributed by atoms with van der Waals surface area (Å²) in [5.41, 5.74) is 0. The van der Waals surface area contributed by atoms with E-state index < -0.39 is 33.0 Å². The minimum atomic E-state index is -3.39. The standard InChI is InChI=1S/C9H13BrN2S/c1-11-4-6-12(7-5-11)9-3-2-8(10)13-9/h2-3H,4-7H2,1H3/i1D3,4D2,5D2,6D2,7D2. The van der Waals surface area contributed by atoms with Crippen molar-refractivity contribution in [2.75, 3.05) is 37.9 Å². The average Bonchev–Trinajstić information content (AvgIpc) is 2.69. The van der Waals surface area contributed by atoms with E-state index in [-0.39, 0.29) is 9.90 Å². The SMILES string of the molecule is [2H]C([2H])([2H])N1C([2H])([2H])C([2H])([2H])N(c2ccc(Br)s2)C([2H])([2H])C1([2H])[2H]. The van der Waals surface area contributed by atoms with Crippen LogP contribution in [-0.2, 0) is 0 Å². The highest BCUT2D eigenvalue weighted by Gasteiger charge is 2.15. The first-order chi connectivity index (χ1) is 10.5. The minimum Gasteiger partial charge on any atom is -0.361 e. The summed E-state index contributed by atoms with van der Waals surface area (Å²) in [6, 6.07) is 2.79. The monoisotopic (exact) mass is 271 g/mol. The Morgan fingerprint density at radius 2 is 2.23 bits per heavy atom. The fourth-order valence-corrected chi connectivity index (χ4v) is 2.08. The summed E-state index contributed by atoms with van der Waals surface area (Å²) < 4.78 is 86.9. The van der Waals surface area contributed by atoms with E-state index in [1.54, 1.807) is 0 Å². The highest BCUT2D eigenvalue weighted by Crippen LogP contribution is 2.30. The van der Waals surface area contributed by atoms with E-state index in [0.717, 1.165) is 11.3 Å². The Labute approximate surface area is 107 Å². The van der Waals surface area contributed by atoms with Gasteiger partial charge in [0.2, 0.25) is 0 Å². The molecule has 2 heterocycles. The molecule has 2 nitrogen and oxygen atoms in total. The van der Waals surface area contributed by atoms with Crippen LogP contribution in [0.2, 0.25) is 0 Å². The molecular formula is C9H13BrN2S. The molecule has 1 aliphatic rings. The number of anilines is 1. The summed E-state index contributed by atoms with van der Waals surface area (Å²) in [7, 11) is 0. The van der Waals surface area contributed by atoms with E-state index in [4.69, 9.17) is 15.1 Å². The summed E-state index contributed by atoms with van der Waals surface area (Å²) in [6.45, 7) is -16.4. The van der Waals surface area contributed by atoms with Crippen molar-refractivity contribution < 1.29 is 15.1 Å². The average molecular weight is 272 g/mol. The van der Waals surface area contributed by atoms with Gasteiger partial charge < -0.3 is 9.80 Å². The van der Waals surface area contributed by atoms with E-state index in [1.807, 2.05) is 0 Å². The smallest absolute Gasteiger partial charge is 0.0921 e. The van der Waals surface area contributed by atoms with E-state index >= 15 is 0 Å². The van der Waals surface area contributed by atoms with Crippen molar-refractivity contribution in [1.82, 2.24) is 4.90 Å². The summed E-state index contributed by atoms with van der Waals surface area (Å²) >= 11 is 4.01. The maximum atomic E-state index is 8.09. The summed E-state index contributed by atoms with van der Waals surface area (Å²) in [6.07, 6.45) is 0. The molecule has 1 aliphatic heterocycles. The lowest BCUT2D eigenvalue weighted by atomic mass is 10.3. The van der Waals surface area contributed by atoms with Crippen molar-refractivity contribution >= 4 is 32.3 Å². The van der Waals surface area contributed by atoms with E-state index in [1.165, 1.54) is 12.1 Å². The van der Waals surface area contributed by atoms with E-state index in [2.05, 4.69) is 15.9 Å². The highest BCUT2D eigenvalue weighted by molar-refractivity contribution is 9.11. The molecule has 0 N–H and O–H groups in total. The molecule has 0 atom stereocenters. The zero-order valence-corrected chi connectivity index (χ0v) is 8.74. The molecule has 2 rings (SSSR count). The molecule has 1 fully saturated rings. The van der Waals surface area contributed by atoms with Crippen molar-refractivity contribution in [3.8, 4) is 0 Å². The van der Waals surface area contributed by atoms with Gasteiger partial charge in [0.25, 0.3) is 0 Å². The van der Waals surface area contributed by atoms with Crippen LogP contribution in [-0.4, -0.2) is 37.9 Å². The molecule has 0 aromatic carbocycles. The van der Waals surface area contributed by atoms with Crippen LogP contribution in [0.4, 0.5) is 5.00 Å². The van der Waals surface area contributed by atoms with Gasteiger partial charge in [-0.05, 0) is 35.0 Å². The van der Waals surface area contributed by atoms with Gasteiger partial charge in [-0.2, -0.15) is 0 Å². The van der Waals surface area contributed by atoms with Gasteiger partial charge in [-0.1, -0.05) is 0 Å². The van der Waals surface area contributed by atoms with Crippen LogP contribution in [0.15, 0.2) is 15.9 Å². The van der Waals surface area contributed by atoms with E-state index in [9.17, 15) is 0 Å². The Morgan fingerprint density at radius 3 is 2.77 bits per heavy atom. The molecule has 1 saturated heterocycles. The first-order valence-corrected chi connectivity index (χ1v) is 4.96. The predicted molar refractivity (Wildman–Crippen MR) is 61.7 cm³/mol. The largest absolute Gasteiger partial charge is 0.361 e. The predicted octanol–water partition coefficient (Wildman–Crippen LogP) is 2.26. The fourth-order valence-electron chi connectivity index (χ4n) is 0.791. The van der Waals surface area contributed by atoms with E-state index in [0.29, 0.717) is 8.69 Å². The topological polar surface area (TPSA) is 6.48 Å². The number of rotatable bonds is 1. The normalized spacial score (nSPS) is 48.4. The Morgan fingerprint density at radius 1 is 1.46 bits per heavy atom. The highest BCUT2D eigenvalue weighted by atomic mass is 79.9. The summed E-state index contributed by atoms with van der Waals surface area (Å²) in [4.78, 5) is -0.0101. The number of piperazine rings is 1. The Hall–Kier alpha value is -0.0600. The van der Waals surface area contributed by atoms with Gasteiger partial charge in [0.1, 0.15) is 0 Å². The van der Waals surface area contributed by atoms with Crippen LogP contribution in [0.3, 0.4) is 0 Å². The molecule has 0 unspecified atom stereocenters. The van der Waals surface area contributed by atoms with Gasteiger partial charge >= 0.3 is 0 Å². The quantitative estimate of drug-likeness (QED) is 0.773. The van der Waals surface area contributed by atoms with Crippen LogP contribution in [0.5, 0.6) is 0 Å². The van der Waals surface area contributed by atoms with Crippen molar-refractivity contribution in [2.45, 2.75) is 0 Å². The molecule has 4 heteroatoms. The maximum absolute atomic E-state index is 8.09. The molecule has 0 bridgehead atoms. The van der Waals surface area contributed by atoms with Gasteiger partial charge in [0.15, 0.2) is 0 Å². The lowest BCUT2D eigenvalue weighted by molar-refractivity contribution is 0.313. The number of likely N-dealkylation sites (N-methyl/N-ethyl adjacent to an activating group) is 1. The molecular weight excluding hydrogens is 248 g/mol. The van der Waals surface area contributed by atoms with Crippen molar-refractivity contribution in [2.24, 2.45) is 0 Å². The Kier molecular flexibility index (Phi) is 0.909. The van der Waals surface area contributed by atoms with Crippen LogP contribution in [0, 0.1) is 0 Å². The fraction of sp³-hybridized carbons (Fsp3) is 0.556. The van der Waals surface area contributed by atoms with Crippen LogP contribution in [0.1, 0.15) is 15.1 Å². The third-order valence-corrected chi connectivity index (χ3v) is 2.94. The third-order valence-electron chi connectivity index (χ3n) is 1.33. The molecule has 0 saturated carbocycles. The minimum absolute atomic E-state index is 0.0742. The van der Waals surface area contributed by atoms with Crippen molar-refractivity contribution in [3.05, 3.63) is 15.9 Å². The van der Waals surface area contributed by atoms with Gasteiger partial charge in [-0.25, -0.2) is 0 Å². The van der Waals surface area contributed by atoms with Crippen molar-refractivity contribution in [3.63, 3.8) is 0 Å². The van der Waals surface area contributed by atoms with Gasteiger partial charge in [-0.3, -0.25) is 0 Å². The molecule has 72 valence electrons. The number of hydrogen-bond donors (Lipinski definition) is 0. The first-order valence-electron chi connectivity index (χ1n) is 8.85. The van der Waals surface area contributed by atoms with Crippen LogP contribution >= 0.6 is 27.3 Å². The molecule has 0 spiro atoms. The second kappa shape index (κ2) is 3.98. The number of nitrogens with zero attached hydrogens (tertiary/aromatic N) is 2. The molecule has 0 amide bonds. The Balaban J connectivity index is 2.77. The van der Waals surface area contributed by atoms with Crippen molar-refractivity contribution in [1.29, 1.82) is 0 Å². The summed E-state index contributed by atoms with van der Waals surface area (Å²) in [5.74, 6) is 0. The lowest BCUT2D eigenvalue weighted by Crippen LogP contribution is -2.44. The zero-order chi connectivity index (χ0) is 18.9. The number of thiophene rings is 1. The third kappa shape index (κ3) is 2.24. The molecule has 0 aliphatic carbocycles. The van der Waals surface area contributed by atoms with Gasteiger partial charge in [0.05, 0.1) is 14.3 Å². The lowest BCUT2D eigenvalue weighted by Gasteiger charge is -2.32. The van der Waals surface area contributed by atoms with Crippen LogP contribution < -0.4 is 4.90 Å². The Bertz CT molecular complexity index is 612. The molecule has 13 heavy (non-hydrogen) atoms. The summed E-state index contributed by atoms with van der Waals surface area (Å²) in [5, 5.41) is -0.0742. The van der Waals surface area contributed by atoms with Gasteiger partial charge in [-0.15, -0.1) is 11.3 Å². The second-order valence-electron chi connectivity index (χ2n) is 2.20. The molecule has 1 aromatic heterocycles. The first kappa shape index (κ1) is 2.97. The zero-order valence-electron chi connectivity index (χ0n) is 17.3. The second-order valence-corrected chi connectivity index (χ2v) is 4.64. The maximum Gasteiger partial charge on any atom is 0.0921 e. The number of hydrogen-bond acceptors (Lipinski definition) is 3.